The van der Waals surface area contributed by atoms with Crippen molar-refractivity contribution in [2.45, 2.75) is 40.4 Å². The van der Waals surface area contributed by atoms with E-state index in [1.165, 1.54) is 16.2 Å². The summed E-state index contributed by atoms with van der Waals surface area (Å²) in [7, 11) is -2.09. The highest BCUT2D eigenvalue weighted by Gasteiger charge is 2.54. The van der Waals surface area contributed by atoms with Gasteiger partial charge in [-0.15, -0.1) is 0 Å². The van der Waals surface area contributed by atoms with E-state index < -0.39 is 16.0 Å². The minimum Gasteiger partial charge on any atom is -0.362 e. The maximum Gasteiger partial charge on any atom is 0.263 e. The average Bonchev–Trinajstić information content (AvgIpc) is 3.04. The predicted octanol–water partition coefficient (Wildman–Crippen LogP) is 5.40. The quantitative estimate of drug-likeness (QED) is 0.235. The summed E-state index contributed by atoms with van der Waals surface area (Å²) in [5.41, 5.74) is 11.0. The zero-order chi connectivity index (χ0) is 15.1. The van der Waals surface area contributed by atoms with Gasteiger partial charge in [0.05, 0.1) is 7.92 Å². The molecule has 0 bridgehead atoms. The van der Waals surface area contributed by atoms with Crippen molar-refractivity contribution in [1.82, 2.24) is 0 Å². The zero-order valence-corrected chi connectivity index (χ0v) is 15.1. The van der Waals surface area contributed by atoms with Crippen molar-refractivity contribution in [3.8, 4) is 0 Å². The Morgan fingerprint density at radius 1 is 1.10 bits per heavy atom. The molecule has 20 heavy (non-hydrogen) atoms. The Morgan fingerprint density at radius 2 is 1.65 bits per heavy atom. The van der Waals surface area contributed by atoms with Gasteiger partial charge in [-0.2, -0.15) is 4.79 Å². The van der Waals surface area contributed by atoms with E-state index in [0.717, 1.165) is 5.08 Å². The number of rotatable bonds is 3. The van der Waals surface area contributed by atoms with E-state index in [2.05, 4.69) is 69.5 Å². The van der Waals surface area contributed by atoms with E-state index in [4.69, 9.17) is 0 Å². The van der Waals surface area contributed by atoms with Gasteiger partial charge in [0.2, 0.25) is 0 Å². The molecule has 1 aliphatic heterocycles. The first-order valence-corrected chi connectivity index (χ1v) is 11.8. The van der Waals surface area contributed by atoms with E-state index in [-0.39, 0.29) is 5.41 Å². The fraction of sp³-hybridized carbons (Fsp3) is 0.438. The molecule has 0 aliphatic carbocycles. The lowest BCUT2D eigenvalue weighted by molar-refractivity contribution is 0.00352. The third-order valence-corrected chi connectivity index (χ3v) is 10.0. The molecule has 1 atom stereocenters. The second-order valence-corrected chi connectivity index (χ2v) is 14.7. The summed E-state index contributed by atoms with van der Waals surface area (Å²) < 4.78 is 0. The summed E-state index contributed by atoms with van der Waals surface area (Å²) in [6.07, 6.45) is 0. The van der Waals surface area contributed by atoms with Crippen molar-refractivity contribution in [1.29, 1.82) is 0 Å². The van der Waals surface area contributed by atoms with Crippen LogP contribution in [-0.4, -0.2) is 17.9 Å². The van der Waals surface area contributed by atoms with Crippen molar-refractivity contribution in [2.75, 3.05) is 0 Å². The van der Waals surface area contributed by atoms with Gasteiger partial charge in [-0.05, 0) is 16.3 Å². The van der Waals surface area contributed by atoms with Crippen LogP contribution in [-0.2, 0) is 0 Å². The minimum absolute atomic E-state index is 0.145. The monoisotopic (exact) mass is 302 g/mol. The van der Waals surface area contributed by atoms with Gasteiger partial charge in [0, 0.05) is 5.31 Å². The molecule has 0 saturated carbocycles. The summed E-state index contributed by atoms with van der Waals surface area (Å²) in [6.45, 7) is 13.5. The Kier molecular flexibility index (Phi) is 3.90. The van der Waals surface area contributed by atoms with Gasteiger partial charge in [-0.1, -0.05) is 70.7 Å². The van der Waals surface area contributed by atoms with Crippen LogP contribution < -0.4 is 0 Å². The largest absolute Gasteiger partial charge is 0.362 e. The minimum atomic E-state index is -1.60. The Hall–Kier alpha value is -1.01. The first kappa shape index (κ1) is 15.4. The second kappa shape index (κ2) is 5.07. The van der Waals surface area contributed by atoms with Crippen LogP contribution in [0.25, 0.3) is 10.8 Å². The van der Waals surface area contributed by atoms with Gasteiger partial charge < -0.3 is 5.53 Å². The molecule has 1 aromatic rings. The maximum atomic E-state index is 9.53. The molecule has 0 spiro atoms. The van der Waals surface area contributed by atoms with Crippen molar-refractivity contribution >= 4 is 26.4 Å². The molecule has 0 fully saturated rings. The van der Waals surface area contributed by atoms with Crippen molar-refractivity contribution in [3.63, 3.8) is 0 Å². The summed E-state index contributed by atoms with van der Waals surface area (Å²) in [5.74, 6) is 0. The molecule has 0 aromatic heterocycles. The fourth-order valence-corrected chi connectivity index (χ4v) is 8.65. The molecule has 106 valence electrons. The number of hydrogen-bond acceptors (Lipinski definition) is 0. The third-order valence-electron chi connectivity index (χ3n) is 3.36. The van der Waals surface area contributed by atoms with Crippen LogP contribution >= 0.6 is 7.92 Å². The van der Waals surface area contributed by atoms with Gasteiger partial charge in [-0.25, -0.2) is 0 Å². The van der Waals surface area contributed by atoms with Crippen LogP contribution in [0, 0.1) is 5.41 Å². The number of allylic oxidation sites excluding steroid dienone is 1. The molecular weight excluding hydrogens is 279 g/mol. The van der Waals surface area contributed by atoms with E-state index >= 15 is 0 Å². The standard InChI is InChI=1S/C16H23N2PSi/c1-16(2,3)14-13(12-10-8-7-9-11-12)19(14)15(18-17)20(4,5)6/h7-11H,1-6H3/t19-/m0/s1. The smallest absolute Gasteiger partial charge is 0.263 e. The fourth-order valence-electron chi connectivity index (χ4n) is 2.46. The highest BCUT2D eigenvalue weighted by atomic mass is 31.1. The summed E-state index contributed by atoms with van der Waals surface area (Å²) in [6, 6.07) is 10.5. The van der Waals surface area contributed by atoms with Gasteiger partial charge in [0.1, 0.15) is 0 Å². The van der Waals surface area contributed by atoms with Gasteiger partial charge in [-0.3, -0.25) is 0 Å². The lowest BCUT2D eigenvalue weighted by Crippen LogP contribution is -2.31. The van der Waals surface area contributed by atoms with Crippen LogP contribution in [0.2, 0.25) is 19.6 Å². The lowest BCUT2D eigenvalue weighted by atomic mass is 9.95. The molecule has 1 heterocycles. The molecule has 0 radical (unpaired) electrons. The van der Waals surface area contributed by atoms with E-state index in [0.29, 0.717) is 0 Å². The Morgan fingerprint density at radius 3 is 2.05 bits per heavy atom. The normalized spacial score (nSPS) is 18.8. The number of benzene rings is 1. The highest BCUT2D eigenvalue weighted by Crippen LogP contribution is 2.79. The Balaban J connectivity index is 2.47. The molecule has 0 unspecified atom stereocenters. The van der Waals surface area contributed by atoms with Crippen LogP contribution in [0.3, 0.4) is 0 Å². The first-order chi connectivity index (χ1) is 9.18. The number of hydrogen-bond donors (Lipinski definition) is 0. The van der Waals surface area contributed by atoms with Gasteiger partial charge >= 0.3 is 0 Å². The predicted molar refractivity (Wildman–Crippen MR) is 91.7 cm³/mol. The molecule has 0 saturated heterocycles. The van der Waals surface area contributed by atoms with Crippen LogP contribution in [0.4, 0.5) is 0 Å². The lowest BCUT2D eigenvalue weighted by Gasteiger charge is -2.16. The second-order valence-electron chi connectivity index (χ2n) is 7.32. The van der Waals surface area contributed by atoms with Crippen molar-refractivity contribution < 1.29 is 4.79 Å². The van der Waals surface area contributed by atoms with Crippen LogP contribution in [0.5, 0.6) is 0 Å². The Bertz CT molecular complexity index is 600. The molecule has 0 amide bonds. The van der Waals surface area contributed by atoms with Gasteiger partial charge in [0.15, 0.2) is 8.07 Å². The molecule has 0 N–H and O–H groups in total. The van der Waals surface area contributed by atoms with Crippen molar-refractivity contribution in [3.05, 3.63) is 46.7 Å². The zero-order valence-electron chi connectivity index (χ0n) is 13.2. The Labute approximate surface area is 124 Å². The summed E-state index contributed by atoms with van der Waals surface area (Å²) >= 11 is 0. The van der Waals surface area contributed by atoms with Crippen molar-refractivity contribution in [2.24, 2.45) is 5.41 Å². The molecule has 4 heteroatoms. The third kappa shape index (κ3) is 2.86. The molecule has 1 aromatic carbocycles. The van der Waals surface area contributed by atoms with Gasteiger partial charge in [0.25, 0.3) is 5.08 Å². The molecule has 2 rings (SSSR count). The average molecular weight is 302 g/mol. The molecule has 2 nitrogen and oxygen atoms in total. The maximum absolute atomic E-state index is 9.53. The first-order valence-electron chi connectivity index (χ1n) is 7.01. The van der Waals surface area contributed by atoms with E-state index in [1.54, 1.807) is 0 Å². The van der Waals surface area contributed by atoms with E-state index in [9.17, 15) is 5.53 Å². The van der Waals surface area contributed by atoms with E-state index in [1.807, 2.05) is 6.07 Å². The molecule has 1 aliphatic rings. The number of nitrogens with zero attached hydrogens (tertiary/aromatic N) is 2. The summed E-state index contributed by atoms with van der Waals surface area (Å²) in [4.78, 5) is 3.73. The van der Waals surface area contributed by atoms with Crippen LogP contribution in [0.1, 0.15) is 26.3 Å². The van der Waals surface area contributed by atoms with Crippen LogP contribution in [0.15, 0.2) is 35.6 Å². The summed E-state index contributed by atoms with van der Waals surface area (Å²) in [5, 5.41) is 3.99. The molecular formula is C16H23N2PSi. The highest BCUT2D eigenvalue weighted by molar-refractivity contribution is 7.99. The SMILES string of the molecule is CC(C)(C)C1=C(c2ccccc2)[P@]1C(=[N+]=[N-])[Si](C)(C)C. The topological polar surface area (TPSA) is 36.4 Å².